The number of rotatable bonds is 3. The van der Waals surface area contributed by atoms with Crippen molar-refractivity contribution in [3.8, 4) is 0 Å². The lowest BCUT2D eigenvalue weighted by molar-refractivity contribution is 0.0721. The average Bonchev–Trinajstić information content (AvgIpc) is 2.52. The third-order valence-electron chi connectivity index (χ3n) is 6.12. The molecular formula is C19H33NO3Si. The van der Waals surface area contributed by atoms with Crippen molar-refractivity contribution in [1.82, 2.24) is 4.90 Å². The minimum Gasteiger partial charge on any atom is -0.547 e. The quantitative estimate of drug-likeness (QED) is 0.525. The van der Waals surface area contributed by atoms with E-state index < -0.39 is 8.32 Å². The van der Waals surface area contributed by atoms with Crippen LogP contribution in [0.1, 0.15) is 47.0 Å². The highest BCUT2D eigenvalue weighted by Crippen LogP contribution is 2.46. The predicted octanol–water partition coefficient (Wildman–Crippen LogP) is 5.09. The van der Waals surface area contributed by atoms with Gasteiger partial charge < -0.3 is 9.16 Å². The van der Waals surface area contributed by atoms with Crippen molar-refractivity contribution in [2.45, 2.75) is 71.1 Å². The molecule has 0 fully saturated rings. The fourth-order valence-corrected chi connectivity index (χ4v) is 4.53. The lowest BCUT2D eigenvalue weighted by atomic mass is 9.69. The van der Waals surface area contributed by atoms with Gasteiger partial charge >= 0.3 is 6.09 Å². The second-order valence-electron chi connectivity index (χ2n) is 8.55. The van der Waals surface area contributed by atoms with Crippen LogP contribution < -0.4 is 0 Å². The van der Waals surface area contributed by atoms with Crippen molar-refractivity contribution in [2.75, 3.05) is 13.7 Å². The molecule has 0 radical (unpaired) electrons. The number of ether oxygens (including phenoxy) is 1. The van der Waals surface area contributed by atoms with Crippen LogP contribution in [0, 0.1) is 5.41 Å². The summed E-state index contributed by atoms with van der Waals surface area (Å²) in [6.07, 6.45) is 9.29. The van der Waals surface area contributed by atoms with Gasteiger partial charge in [-0.3, -0.25) is 4.90 Å². The average molecular weight is 352 g/mol. The van der Waals surface area contributed by atoms with Crippen LogP contribution in [-0.2, 0) is 9.16 Å². The predicted molar refractivity (Wildman–Crippen MR) is 100 cm³/mol. The number of allylic oxidation sites excluding steroid dienone is 1. The molecule has 0 saturated carbocycles. The van der Waals surface area contributed by atoms with E-state index in [1.54, 1.807) is 0 Å². The molecule has 1 aliphatic carbocycles. The third kappa shape index (κ3) is 3.41. The summed E-state index contributed by atoms with van der Waals surface area (Å²) < 4.78 is 11.6. The molecule has 2 rings (SSSR count). The fraction of sp³-hybridized carbons (Fsp3) is 0.737. The molecule has 136 valence electrons. The van der Waals surface area contributed by atoms with Crippen LogP contribution in [0.2, 0.25) is 18.1 Å². The zero-order valence-corrected chi connectivity index (χ0v) is 17.3. The largest absolute Gasteiger partial charge is 0.547 e. The maximum absolute atomic E-state index is 12.2. The zero-order valence-electron chi connectivity index (χ0n) is 16.3. The Balaban J connectivity index is 2.33. The van der Waals surface area contributed by atoms with Crippen molar-refractivity contribution >= 4 is 14.4 Å². The molecule has 1 heterocycles. The van der Waals surface area contributed by atoms with Gasteiger partial charge in [0.2, 0.25) is 8.32 Å². The van der Waals surface area contributed by atoms with E-state index >= 15 is 0 Å². The molecule has 2 atom stereocenters. The first-order valence-electron chi connectivity index (χ1n) is 8.98. The highest BCUT2D eigenvalue weighted by molar-refractivity contribution is 6.74. The molecule has 1 aliphatic heterocycles. The molecule has 2 aliphatic rings. The lowest BCUT2D eigenvalue weighted by Crippen LogP contribution is -2.53. The van der Waals surface area contributed by atoms with Crippen molar-refractivity contribution in [2.24, 2.45) is 5.41 Å². The molecule has 4 nitrogen and oxygen atoms in total. The second kappa shape index (κ2) is 6.58. The molecule has 1 amide bonds. The van der Waals surface area contributed by atoms with Crippen LogP contribution in [0.5, 0.6) is 0 Å². The Labute approximate surface area is 148 Å². The summed E-state index contributed by atoms with van der Waals surface area (Å²) >= 11 is 0. The number of nitrogens with zero attached hydrogens (tertiary/aromatic N) is 1. The van der Waals surface area contributed by atoms with Crippen LogP contribution in [0.3, 0.4) is 0 Å². The SMILES string of the molecule is CC[C@@]12C=CCN(C(=O)OC)[C@@H]1C=C(O[Si](C)(C)C(C)(C)C)CC2. The number of carbonyl (C=O) groups excluding carboxylic acids is 1. The highest BCUT2D eigenvalue weighted by Gasteiger charge is 2.46. The number of carbonyl (C=O) groups is 1. The first-order chi connectivity index (χ1) is 11.1. The van der Waals surface area contributed by atoms with Gasteiger partial charge in [0.05, 0.1) is 18.9 Å². The summed E-state index contributed by atoms with van der Waals surface area (Å²) in [6, 6.07) is 0.0217. The lowest BCUT2D eigenvalue weighted by Gasteiger charge is -2.48. The van der Waals surface area contributed by atoms with Gasteiger partial charge in [0.25, 0.3) is 0 Å². The van der Waals surface area contributed by atoms with Gasteiger partial charge in [-0.15, -0.1) is 0 Å². The van der Waals surface area contributed by atoms with Crippen LogP contribution in [0.25, 0.3) is 0 Å². The Hall–Kier alpha value is -1.23. The van der Waals surface area contributed by atoms with E-state index in [2.05, 4.69) is 59.0 Å². The third-order valence-corrected chi connectivity index (χ3v) is 10.5. The second-order valence-corrected chi connectivity index (χ2v) is 13.3. The molecule has 0 aromatic carbocycles. The summed E-state index contributed by atoms with van der Waals surface area (Å²) in [4.78, 5) is 14.1. The topological polar surface area (TPSA) is 38.8 Å². The van der Waals surface area contributed by atoms with Gasteiger partial charge in [-0.25, -0.2) is 4.79 Å². The van der Waals surface area contributed by atoms with Gasteiger partial charge in [-0.1, -0.05) is 39.8 Å². The minimum absolute atomic E-state index is 0.00668. The molecule has 0 aromatic heterocycles. The first-order valence-corrected chi connectivity index (χ1v) is 11.9. The van der Waals surface area contributed by atoms with Crippen molar-refractivity contribution < 1.29 is 14.0 Å². The number of fused-ring (bicyclic) bond motifs is 1. The van der Waals surface area contributed by atoms with Gasteiger partial charge in [0, 0.05) is 18.4 Å². The van der Waals surface area contributed by atoms with Gasteiger partial charge in [-0.2, -0.15) is 0 Å². The Morgan fingerprint density at radius 1 is 1.42 bits per heavy atom. The van der Waals surface area contributed by atoms with E-state index in [4.69, 9.17) is 9.16 Å². The minimum atomic E-state index is -1.86. The van der Waals surface area contributed by atoms with Crippen LogP contribution in [-0.4, -0.2) is 39.0 Å². The molecule has 0 N–H and O–H groups in total. The number of amides is 1. The van der Waals surface area contributed by atoms with E-state index in [-0.39, 0.29) is 22.6 Å². The van der Waals surface area contributed by atoms with Gasteiger partial charge in [-0.05, 0) is 37.0 Å². The molecule has 5 heteroatoms. The summed E-state index contributed by atoms with van der Waals surface area (Å²) in [6.45, 7) is 14.1. The van der Waals surface area contributed by atoms with Crippen molar-refractivity contribution in [3.05, 3.63) is 24.0 Å². The first kappa shape index (κ1) is 19.1. The van der Waals surface area contributed by atoms with Gasteiger partial charge in [0.1, 0.15) is 0 Å². The van der Waals surface area contributed by atoms with Gasteiger partial charge in [0.15, 0.2) is 0 Å². The van der Waals surface area contributed by atoms with E-state index in [0.717, 1.165) is 25.0 Å². The summed E-state index contributed by atoms with van der Waals surface area (Å²) in [5.74, 6) is 1.06. The number of hydrogen-bond acceptors (Lipinski definition) is 3. The Morgan fingerprint density at radius 2 is 2.08 bits per heavy atom. The van der Waals surface area contributed by atoms with E-state index in [9.17, 15) is 4.79 Å². The van der Waals surface area contributed by atoms with Crippen LogP contribution in [0.15, 0.2) is 24.0 Å². The highest BCUT2D eigenvalue weighted by atomic mass is 28.4. The smallest absolute Gasteiger partial charge is 0.410 e. The molecular weight excluding hydrogens is 318 g/mol. The molecule has 0 unspecified atom stereocenters. The van der Waals surface area contributed by atoms with Crippen LogP contribution in [0.4, 0.5) is 4.79 Å². The Bertz CT molecular complexity index is 547. The zero-order chi connectivity index (χ0) is 18.2. The number of methoxy groups -OCH3 is 1. The normalized spacial score (nSPS) is 27.4. The molecule has 0 aromatic rings. The maximum Gasteiger partial charge on any atom is 0.410 e. The maximum atomic E-state index is 12.2. The van der Waals surface area contributed by atoms with E-state index in [1.165, 1.54) is 7.11 Å². The standard InChI is InChI=1S/C19H33NO3Si/c1-8-19-11-9-13-20(17(21)22-5)16(19)14-15(10-12-19)23-24(6,7)18(2,3)4/h9,11,14,16H,8,10,12-13H2,1-7H3/t16-,19+/m1/s1. The monoisotopic (exact) mass is 351 g/mol. The van der Waals surface area contributed by atoms with Crippen LogP contribution >= 0.6 is 0 Å². The van der Waals surface area contributed by atoms with E-state index in [1.807, 2.05) is 4.90 Å². The fourth-order valence-electron chi connectivity index (χ4n) is 3.40. The molecule has 0 saturated heterocycles. The van der Waals surface area contributed by atoms with Crippen molar-refractivity contribution in [3.63, 3.8) is 0 Å². The molecule has 0 spiro atoms. The Morgan fingerprint density at radius 3 is 2.62 bits per heavy atom. The summed E-state index contributed by atoms with van der Waals surface area (Å²) in [5.41, 5.74) is 0.00668. The van der Waals surface area contributed by atoms with Crippen molar-refractivity contribution in [1.29, 1.82) is 0 Å². The summed E-state index contributed by atoms with van der Waals surface area (Å²) in [7, 11) is -0.410. The summed E-state index contributed by atoms with van der Waals surface area (Å²) in [5, 5.41) is 0.168. The molecule has 0 bridgehead atoms. The molecule has 24 heavy (non-hydrogen) atoms. The number of hydrogen-bond donors (Lipinski definition) is 0. The Kier molecular flexibility index (Phi) is 5.24. The van der Waals surface area contributed by atoms with E-state index in [0.29, 0.717) is 6.54 Å².